The lowest BCUT2D eigenvalue weighted by atomic mass is 10.0. The van der Waals surface area contributed by atoms with Gasteiger partial charge in [0, 0.05) is 29.6 Å². The van der Waals surface area contributed by atoms with Crippen molar-refractivity contribution in [1.29, 1.82) is 0 Å². The number of aliphatic hydroxyl groups is 1. The van der Waals surface area contributed by atoms with Crippen molar-refractivity contribution in [3.63, 3.8) is 0 Å². The third-order valence-electron chi connectivity index (χ3n) is 4.77. The summed E-state index contributed by atoms with van der Waals surface area (Å²) in [6.07, 6.45) is 2.03. The van der Waals surface area contributed by atoms with Gasteiger partial charge in [-0.05, 0) is 31.0 Å². The van der Waals surface area contributed by atoms with Crippen molar-refractivity contribution >= 4 is 11.6 Å². The molecule has 0 saturated carbocycles. The number of pyridine rings is 1. The van der Waals surface area contributed by atoms with Crippen LogP contribution < -0.4 is 10.6 Å². The maximum Gasteiger partial charge on any atom is 0.241 e. The first-order valence-electron chi connectivity index (χ1n) is 9.49. The van der Waals surface area contributed by atoms with E-state index in [9.17, 15) is 15.0 Å². The van der Waals surface area contributed by atoms with Gasteiger partial charge in [-0.2, -0.15) is 0 Å². The molecule has 0 fully saturated rings. The summed E-state index contributed by atoms with van der Waals surface area (Å²) in [5, 5.41) is 26.1. The Bertz CT molecular complexity index is 946. The Morgan fingerprint density at radius 2 is 1.72 bits per heavy atom. The number of nitrogens with zero attached hydrogens (tertiary/aromatic N) is 1. The SMILES string of the molecule is Cc1ncc(CO)c(CN[C@H](Cc2ccccc2)C(=O)Nc2ccccc2)c1O. The molecular weight excluding hydrogens is 366 g/mol. The zero-order chi connectivity index (χ0) is 20.6. The van der Waals surface area contributed by atoms with Crippen molar-refractivity contribution in [2.75, 3.05) is 5.32 Å². The monoisotopic (exact) mass is 391 g/mol. The summed E-state index contributed by atoms with van der Waals surface area (Å²) in [6, 6.07) is 18.5. The van der Waals surface area contributed by atoms with Gasteiger partial charge in [-0.3, -0.25) is 9.78 Å². The minimum absolute atomic E-state index is 0.0333. The van der Waals surface area contributed by atoms with Crippen molar-refractivity contribution < 1.29 is 15.0 Å². The number of para-hydroxylation sites is 1. The number of aromatic nitrogens is 1. The van der Waals surface area contributed by atoms with Crippen LogP contribution in [0.25, 0.3) is 0 Å². The number of benzene rings is 2. The van der Waals surface area contributed by atoms with Crippen LogP contribution in [0.5, 0.6) is 5.75 Å². The fourth-order valence-corrected chi connectivity index (χ4v) is 3.10. The average molecular weight is 391 g/mol. The summed E-state index contributed by atoms with van der Waals surface area (Å²) < 4.78 is 0. The first-order valence-corrected chi connectivity index (χ1v) is 9.49. The molecule has 2 aromatic carbocycles. The van der Waals surface area contributed by atoms with Gasteiger partial charge in [0.05, 0.1) is 18.3 Å². The first-order chi connectivity index (χ1) is 14.1. The molecule has 6 nitrogen and oxygen atoms in total. The quantitative estimate of drug-likeness (QED) is 0.474. The molecule has 29 heavy (non-hydrogen) atoms. The number of rotatable bonds is 8. The predicted octanol–water partition coefficient (Wildman–Crippen LogP) is 2.93. The zero-order valence-electron chi connectivity index (χ0n) is 16.3. The Labute approximate surface area is 170 Å². The molecule has 0 unspecified atom stereocenters. The second-order valence-corrected chi connectivity index (χ2v) is 6.83. The van der Waals surface area contributed by atoms with E-state index in [4.69, 9.17) is 0 Å². The highest BCUT2D eigenvalue weighted by Crippen LogP contribution is 2.24. The topological polar surface area (TPSA) is 94.5 Å². The lowest BCUT2D eigenvalue weighted by Gasteiger charge is -2.20. The highest BCUT2D eigenvalue weighted by molar-refractivity contribution is 5.95. The summed E-state index contributed by atoms with van der Waals surface area (Å²) in [4.78, 5) is 17.0. The second kappa shape index (κ2) is 9.82. The van der Waals surface area contributed by atoms with E-state index in [1.165, 1.54) is 0 Å². The van der Waals surface area contributed by atoms with Crippen LogP contribution in [-0.4, -0.2) is 27.1 Å². The third kappa shape index (κ3) is 5.40. The zero-order valence-corrected chi connectivity index (χ0v) is 16.3. The van der Waals surface area contributed by atoms with Crippen molar-refractivity contribution in [3.05, 3.63) is 89.2 Å². The number of carbonyl (C=O) groups is 1. The molecular formula is C23H25N3O3. The predicted molar refractivity (Wildman–Crippen MR) is 112 cm³/mol. The van der Waals surface area contributed by atoms with Crippen molar-refractivity contribution in [1.82, 2.24) is 10.3 Å². The Morgan fingerprint density at radius 3 is 2.38 bits per heavy atom. The smallest absolute Gasteiger partial charge is 0.241 e. The summed E-state index contributed by atoms with van der Waals surface area (Å²) in [6.45, 7) is 1.69. The van der Waals surface area contributed by atoms with E-state index in [2.05, 4.69) is 15.6 Å². The highest BCUT2D eigenvalue weighted by Gasteiger charge is 2.21. The fourth-order valence-electron chi connectivity index (χ4n) is 3.10. The first kappa shape index (κ1) is 20.5. The Balaban J connectivity index is 1.80. The van der Waals surface area contributed by atoms with Crippen LogP contribution in [0.1, 0.15) is 22.4 Å². The summed E-state index contributed by atoms with van der Waals surface area (Å²) in [5.41, 5.74) is 3.29. The van der Waals surface area contributed by atoms with Crippen LogP contribution in [0.15, 0.2) is 66.9 Å². The molecule has 0 aliphatic heterocycles. The normalized spacial score (nSPS) is 11.8. The molecule has 3 rings (SSSR count). The molecule has 1 atom stereocenters. The number of aromatic hydroxyl groups is 1. The van der Waals surface area contributed by atoms with E-state index in [1.807, 2.05) is 60.7 Å². The third-order valence-corrected chi connectivity index (χ3v) is 4.77. The molecule has 1 aromatic heterocycles. The number of nitrogens with one attached hydrogen (secondary N) is 2. The Kier molecular flexibility index (Phi) is 6.94. The van der Waals surface area contributed by atoms with Crippen molar-refractivity contribution in [2.45, 2.75) is 32.5 Å². The van der Waals surface area contributed by atoms with Gasteiger partial charge in [0.15, 0.2) is 0 Å². The highest BCUT2D eigenvalue weighted by atomic mass is 16.3. The molecule has 150 valence electrons. The molecule has 0 radical (unpaired) electrons. The van der Waals surface area contributed by atoms with E-state index in [-0.39, 0.29) is 24.8 Å². The van der Waals surface area contributed by atoms with Crippen LogP contribution in [0, 0.1) is 6.92 Å². The van der Waals surface area contributed by atoms with Gasteiger partial charge in [0.25, 0.3) is 0 Å². The minimum atomic E-state index is -0.531. The Hall–Kier alpha value is -3.22. The molecule has 0 aliphatic rings. The minimum Gasteiger partial charge on any atom is -0.506 e. The van der Waals surface area contributed by atoms with Crippen LogP contribution >= 0.6 is 0 Å². The Morgan fingerprint density at radius 1 is 1.07 bits per heavy atom. The molecule has 0 saturated heterocycles. The summed E-state index contributed by atoms with van der Waals surface area (Å²) in [5.74, 6) is -0.137. The van der Waals surface area contributed by atoms with Gasteiger partial charge in [-0.25, -0.2) is 0 Å². The van der Waals surface area contributed by atoms with Crippen LogP contribution in [0.3, 0.4) is 0 Å². The summed E-state index contributed by atoms with van der Waals surface area (Å²) in [7, 11) is 0. The van der Waals surface area contributed by atoms with Gasteiger partial charge in [0.2, 0.25) is 5.91 Å². The van der Waals surface area contributed by atoms with Crippen LogP contribution in [0.4, 0.5) is 5.69 Å². The van der Waals surface area contributed by atoms with E-state index in [1.54, 1.807) is 13.1 Å². The van der Waals surface area contributed by atoms with Gasteiger partial charge in [-0.15, -0.1) is 0 Å². The number of hydrogen-bond acceptors (Lipinski definition) is 5. The van der Waals surface area contributed by atoms with E-state index < -0.39 is 6.04 Å². The van der Waals surface area contributed by atoms with E-state index in [0.717, 1.165) is 11.3 Å². The molecule has 0 spiro atoms. The lowest BCUT2D eigenvalue weighted by molar-refractivity contribution is -0.118. The number of anilines is 1. The maximum atomic E-state index is 12.9. The lowest BCUT2D eigenvalue weighted by Crippen LogP contribution is -2.42. The van der Waals surface area contributed by atoms with Gasteiger partial charge in [-0.1, -0.05) is 48.5 Å². The van der Waals surface area contributed by atoms with Crippen molar-refractivity contribution in [3.8, 4) is 5.75 Å². The van der Waals surface area contributed by atoms with Gasteiger partial charge >= 0.3 is 0 Å². The average Bonchev–Trinajstić information content (AvgIpc) is 2.75. The molecule has 1 amide bonds. The molecule has 4 N–H and O–H groups in total. The largest absolute Gasteiger partial charge is 0.506 e. The van der Waals surface area contributed by atoms with Crippen molar-refractivity contribution in [2.24, 2.45) is 0 Å². The van der Waals surface area contributed by atoms with Gasteiger partial charge in [0.1, 0.15) is 5.75 Å². The molecule has 0 bridgehead atoms. The molecule has 3 aromatic rings. The standard InChI is InChI=1S/C23H25N3O3/c1-16-22(28)20(18(15-27)13-24-16)14-25-21(12-17-8-4-2-5-9-17)23(29)26-19-10-6-3-7-11-19/h2-11,13,21,25,27-28H,12,14-15H2,1H3,(H,26,29)/t21-/m1/s1. The number of hydrogen-bond donors (Lipinski definition) is 4. The maximum absolute atomic E-state index is 12.9. The summed E-state index contributed by atoms with van der Waals surface area (Å²) >= 11 is 0. The number of aliphatic hydroxyl groups excluding tert-OH is 1. The number of carbonyl (C=O) groups excluding carboxylic acids is 1. The van der Waals surface area contributed by atoms with Gasteiger partial charge < -0.3 is 20.8 Å². The molecule has 1 heterocycles. The van der Waals surface area contributed by atoms with Crippen LogP contribution in [-0.2, 0) is 24.4 Å². The number of aryl methyl sites for hydroxylation is 1. The molecule has 0 aliphatic carbocycles. The van der Waals surface area contributed by atoms with E-state index >= 15 is 0 Å². The van der Waals surface area contributed by atoms with E-state index in [0.29, 0.717) is 23.2 Å². The fraction of sp³-hybridized carbons (Fsp3) is 0.217. The number of amides is 1. The molecule has 6 heteroatoms. The second-order valence-electron chi connectivity index (χ2n) is 6.83. The van der Waals surface area contributed by atoms with Crippen LogP contribution in [0.2, 0.25) is 0 Å².